The fourth-order valence-corrected chi connectivity index (χ4v) is 3.32. The number of methoxy groups -OCH3 is 1. The minimum atomic E-state index is 0.0774. The Bertz CT molecular complexity index is 419. The Kier molecular flexibility index (Phi) is 5.36. The molecule has 0 saturated carbocycles. The van der Waals surface area contributed by atoms with Gasteiger partial charge in [0.15, 0.2) is 0 Å². The number of aryl methyl sites for hydroxylation is 1. The van der Waals surface area contributed by atoms with E-state index in [2.05, 4.69) is 24.4 Å². The molecule has 19 heavy (non-hydrogen) atoms. The Balaban J connectivity index is 1.87. The smallest absolute Gasteiger partial charge is 0.238 e. The van der Waals surface area contributed by atoms with Crippen molar-refractivity contribution in [2.75, 3.05) is 26.8 Å². The van der Waals surface area contributed by atoms with Crippen molar-refractivity contribution in [2.45, 2.75) is 32.4 Å². The van der Waals surface area contributed by atoms with Crippen molar-refractivity contribution >= 4 is 17.2 Å². The van der Waals surface area contributed by atoms with Crippen molar-refractivity contribution in [1.82, 2.24) is 10.2 Å². The Labute approximate surface area is 118 Å². The van der Waals surface area contributed by atoms with Crippen molar-refractivity contribution in [3.05, 3.63) is 21.9 Å². The Morgan fingerprint density at radius 1 is 1.42 bits per heavy atom. The van der Waals surface area contributed by atoms with Crippen molar-refractivity contribution < 1.29 is 9.53 Å². The third kappa shape index (κ3) is 3.78. The molecule has 0 bridgehead atoms. The first-order valence-corrected chi connectivity index (χ1v) is 7.62. The van der Waals surface area contributed by atoms with E-state index in [1.807, 2.05) is 4.90 Å². The maximum atomic E-state index is 11.9. The van der Waals surface area contributed by atoms with Crippen LogP contribution in [0.5, 0.6) is 0 Å². The number of hydrogen-bond acceptors (Lipinski definition) is 4. The zero-order valence-electron chi connectivity index (χ0n) is 11.6. The highest BCUT2D eigenvalue weighted by atomic mass is 32.1. The van der Waals surface area contributed by atoms with Crippen LogP contribution < -0.4 is 5.32 Å². The minimum Gasteiger partial charge on any atom is -0.385 e. The van der Waals surface area contributed by atoms with Gasteiger partial charge in [-0.25, -0.2) is 0 Å². The summed E-state index contributed by atoms with van der Waals surface area (Å²) in [5.41, 5.74) is 0. The molecule has 0 spiro atoms. The molecule has 1 aromatic rings. The first kappa shape index (κ1) is 14.5. The summed E-state index contributed by atoms with van der Waals surface area (Å²) in [6.07, 6.45) is 3.29. The molecule has 1 fully saturated rings. The lowest BCUT2D eigenvalue weighted by Gasteiger charge is -2.23. The van der Waals surface area contributed by atoms with Gasteiger partial charge in [-0.1, -0.05) is 0 Å². The van der Waals surface area contributed by atoms with E-state index in [4.69, 9.17) is 4.74 Å². The molecule has 0 aliphatic carbocycles. The van der Waals surface area contributed by atoms with Crippen LogP contribution in [0.2, 0.25) is 0 Å². The highest BCUT2D eigenvalue weighted by Crippen LogP contribution is 2.28. The van der Waals surface area contributed by atoms with Gasteiger partial charge in [-0.05, 0) is 38.3 Å². The third-order valence-corrected chi connectivity index (χ3v) is 4.41. The van der Waals surface area contributed by atoms with E-state index >= 15 is 0 Å². The number of nitrogens with zero attached hydrogens (tertiary/aromatic N) is 1. The van der Waals surface area contributed by atoms with Crippen molar-refractivity contribution in [3.8, 4) is 0 Å². The normalized spacial score (nSPS) is 19.4. The lowest BCUT2D eigenvalue weighted by molar-refractivity contribution is -0.128. The van der Waals surface area contributed by atoms with E-state index in [1.54, 1.807) is 18.4 Å². The molecule has 1 N–H and O–H groups in total. The molecule has 1 aromatic heterocycles. The zero-order valence-corrected chi connectivity index (χ0v) is 12.5. The van der Waals surface area contributed by atoms with Crippen LogP contribution in [0, 0.1) is 6.92 Å². The predicted molar refractivity (Wildman–Crippen MR) is 77.2 cm³/mol. The number of carbonyl (C=O) groups is 1. The summed E-state index contributed by atoms with van der Waals surface area (Å²) in [6.45, 7) is 4.19. The van der Waals surface area contributed by atoms with E-state index in [9.17, 15) is 4.79 Å². The van der Waals surface area contributed by atoms with Gasteiger partial charge >= 0.3 is 0 Å². The van der Waals surface area contributed by atoms with Gasteiger partial charge in [0.1, 0.15) is 6.17 Å². The van der Waals surface area contributed by atoms with E-state index in [0.29, 0.717) is 6.54 Å². The van der Waals surface area contributed by atoms with Crippen LogP contribution in [0.4, 0.5) is 0 Å². The van der Waals surface area contributed by atoms with Gasteiger partial charge in [-0.3, -0.25) is 10.1 Å². The number of rotatable bonds is 7. The average Bonchev–Trinajstić information content (AvgIpc) is 2.96. The van der Waals surface area contributed by atoms with Crippen LogP contribution in [0.3, 0.4) is 0 Å². The molecule has 1 unspecified atom stereocenters. The summed E-state index contributed by atoms with van der Waals surface area (Å²) in [5, 5.41) is 3.30. The SMILES string of the molecule is COCCCCCN1C(=O)CNC1c1ccc(C)s1. The third-order valence-electron chi connectivity index (χ3n) is 3.36. The molecule has 2 rings (SSSR count). The lowest BCUT2D eigenvalue weighted by Crippen LogP contribution is -2.30. The summed E-state index contributed by atoms with van der Waals surface area (Å²) < 4.78 is 5.04. The Morgan fingerprint density at radius 3 is 2.95 bits per heavy atom. The number of unbranched alkanes of at least 4 members (excludes halogenated alkanes) is 2. The van der Waals surface area contributed by atoms with E-state index < -0.39 is 0 Å². The van der Waals surface area contributed by atoms with Gasteiger partial charge in [0.25, 0.3) is 0 Å². The fraction of sp³-hybridized carbons (Fsp3) is 0.643. The summed E-state index contributed by atoms with van der Waals surface area (Å²) in [6, 6.07) is 4.23. The Hall–Kier alpha value is -0.910. The second-order valence-electron chi connectivity index (χ2n) is 4.87. The second kappa shape index (κ2) is 7.03. The molecular weight excluding hydrogens is 260 g/mol. The van der Waals surface area contributed by atoms with Crippen LogP contribution in [0.1, 0.15) is 35.2 Å². The molecule has 0 radical (unpaired) electrons. The predicted octanol–water partition coefficient (Wildman–Crippen LogP) is 2.30. The van der Waals surface area contributed by atoms with Crippen molar-refractivity contribution in [3.63, 3.8) is 0 Å². The maximum Gasteiger partial charge on any atom is 0.238 e. The molecule has 0 aromatic carbocycles. The number of amides is 1. The first-order valence-electron chi connectivity index (χ1n) is 6.80. The quantitative estimate of drug-likeness (QED) is 0.780. The molecule has 2 heterocycles. The van der Waals surface area contributed by atoms with Crippen LogP contribution in [0.25, 0.3) is 0 Å². The molecule has 1 amide bonds. The molecule has 1 aliphatic rings. The highest BCUT2D eigenvalue weighted by Gasteiger charge is 2.31. The second-order valence-corrected chi connectivity index (χ2v) is 6.19. The van der Waals surface area contributed by atoms with E-state index in [-0.39, 0.29) is 12.1 Å². The molecule has 106 valence electrons. The maximum absolute atomic E-state index is 11.9. The number of thiophene rings is 1. The zero-order chi connectivity index (χ0) is 13.7. The largest absolute Gasteiger partial charge is 0.385 e. The summed E-state index contributed by atoms with van der Waals surface area (Å²) in [7, 11) is 1.73. The van der Waals surface area contributed by atoms with Crippen molar-refractivity contribution in [2.24, 2.45) is 0 Å². The molecule has 1 aliphatic heterocycles. The number of hydrogen-bond donors (Lipinski definition) is 1. The molecular formula is C14H22N2O2S. The highest BCUT2D eigenvalue weighted by molar-refractivity contribution is 7.12. The van der Waals surface area contributed by atoms with Crippen LogP contribution in [-0.2, 0) is 9.53 Å². The monoisotopic (exact) mass is 282 g/mol. The first-order chi connectivity index (χ1) is 9.22. The minimum absolute atomic E-state index is 0.0774. The molecule has 4 nitrogen and oxygen atoms in total. The van der Waals surface area contributed by atoms with Crippen molar-refractivity contribution in [1.29, 1.82) is 0 Å². The number of nitrogens with one attached hydrogen (secondary N) is 1. The summed E-state index contributed by atoms with van der Waals surface area (Å²) in [5.74, 6) is 0.211. The number of ether oxygens (including phenoxy) is 1. The molecule has 1 atom stereocenters. The fourth-order valence-electron chi connectivity index (χ4n) is 2.35. The Morgan fingerprint density at radius 2 is 2.26 bits per heavy atom. The van der Waals surface area contributed by atoms with Gasteiger partial charge in [-0.2, -0.15) is 0 Å². The standard InChI is InChI=1S/C14H22N2O2S/c1-11-6-7-12(19-11)14-15-10-13(17)16(14)8-4-3-5-9-18-2/h6-7,14-15H,3-5,8-10H2,1-2H3. The van der Waals surface area contributed by atoms with Gasteiger partial charge in [0.05, 0.1) is 6.54 Å². The topological polar surface area (TPSA) is 41.6 Å². The van der Waals surface area contributed by atoms with Crippen LogP contribution >= 0.6 is 11.3 Å². The molecule has 5 heteroatoms. The van der Waals surface area contributed by atoms with Gasteiger partial charge in [0.2, 0.25) is 5.91 Å². The number of carbonyl (C=O) groups excluding carboxylic acids is 1. The lowest BCUT2D eigenvalue weighted by atomic mass is 10.2. The summed E-state index contributed by atoms with van der Waals surface area (Å²) in [4.78, 5) is 16.4. The summed E-state index contributed by atoms with van der Waals surface area (Å²) >= 11 is 1.76. The van der Waals surface area contributed by atoms with Gasteiger partial charge in [-0.15, -0.1) is 11.3 Å². The van der Waals surface area contributed by atoms with Gasteiger partial charge < -0.3 is 9.64 Å². The van der Waals surface area contributed by atoms with Crippen LogP contribution in [0.15, 0.2) is 12.1 Å². The van der Waals surface area contributed by atoms with E-state index in [1.165, 1.54) is 9.75 Å². The average molecular weight is 282 g/mol. The van der Waals surface area contributed by atoms with Crippen LogP contribution in [-0.4, -0.2) is 37.6 Å². The van der Waals surface area contributed by atoms with E-state index in [0.717, 1.165) is 32.4 Å². The molecule has 1 saturated heterocycles. The van der Waals surface area contributed by atoms with Gasteiger partial charge in [0, 0.05) is 30.0 Å².